The molecule has 0 heterocycles. The van der Waals surface area contributed by atoms with Crippen molar-refractivity contribution < 1.29 is 0 Å². The van der Waals surface area contributed by atoms with Crippen molar-refractivity contribution in [3.8, 4) is 0 Å². The van der Waals surface area contributed by atoms with Gasteiger partial charge in [-0.2, -0.15) is 0 Å². The lowest BCUT2D eigenvalue weighted by atomic mass is 9.92. The number of hydrogen-bond donors (Lipinski definition) is 0. The Morgan fingerprint density at radius 2 is 1.53 bits per heavy atom. The fourth-order valence-electron chi connectivity index (χ4n) is 1.75. The second kappa shape index (κ2) is 7.04. The molecule has 19 heavy (non-hydrogen) atoms. The normalized spacial score (nSPS) is 10.9. The van der Waals surface area contributed by atoms with E-state index in [9.17, 15) is 4.79 Å². The molecular formula is C15H28N2OS. The summed E-state index contributed by atoms with van der Waals surface area (Å²) < 4.78 is 0.477. The predicted octanol–water partition coefficient (Wildman–Crippen LogP) is 3.62. The van der Waals surface area contributed by atoms with Crippen molar-refractivity contribution in [1.82, 2.24) is 0 Å². The van der Waals surface area contributed by atoms with Crippen LogP contribution in [0.25, 0.3) is 0 Å². The van der Waals surface area contributed by atoms with Gasteiger partial charge in [-0.05, 0) is 11.8 Å². The molecule has 0 radical (unpaired) electrons. The van der Waals surface area contributed by atoms with Gasteiger partial charge in [0.1, 0.15) is 10.2 Å². The van der Waals surface area contributed by atoms with E-state index in [4.69, 9.17) is 12.2 Å². The molecule has 0 unspecified atom stereocenters. The van der Waals surface area contributed by atoms with Gasteiger partial charge in [-0.15, -0.1) is 0 Å². The molecule has 0 fully saturated rings. The third kappa shape index (κ3) is 4.60. The highest BCUT2D eigenvalue weighted by Gasteiger charge is 2.23. The lowest BCUT2D eigenvalue weighted by Gasteiger charge is -2.30. The van der Waals surface area contributed by atoms with Gasteiger partial charge in [0.2, 0.25) is 5.43 Å². The van der Waals surface area contributed by atoms with Crippen LogP contribution in [0, 0.1) is 9.93 Å². The summed E-state index contributed by atoms with van der Waals surface area (Å²) in [6, 6.07) is 0. The minimum Gasteiger partial charge on any atom is -0.373 e. The second-order valence-electron chi connectivity index (χ2n) is 5.98. The van der Waals surface area contributed by atoms with E-state index >= 15 is 0 Å². The second-order valence-corrected chi connectivity index (χ2v) is 6.39. The van der Waals surface area contributed by atoms with Gasteiger partial charge in [0.05, 0.1) is 5.69 Å². The Balaban J connectivity index is 0.00000154. The summed E-state index contributed by atoms with van der Waals surface area (Å²) >= 11 is 5.13. The van der Waals surface area contributed by atoms with Crippen LogP contribution in [0.15, 0.2) is 4.79 Å². The zero-order valence-corrected chi connectivity index (χ0v) is 14.4. The zero-order chi connectivity index (χ0) is 15.4. The average Bonchev–Trinajstić information content (AvgIpc) is 2.32. The molecule has 0 N–H and O–H groups in total. The van der Waals surface area contributed by atoms with Crippen molar-refractivity contribution in [3.63, 3.8) is 0 Å². The smallest absolute Gasteiger partial charge is 0.224 e. The van der Waals surface area contributed by atoms with E-state index in [2.05, 4.69) is 25.7 Å². The first-order valence-corrected chi connectivity index (χ1v) is 7.28. The van der Waals surface area contributed by atoms with E-state index < -0.39 is 0 Å². The number of hydrogen-bond acceptors (Lipinski definition) is 4. The Labute approximate surface area is 122 Å². The van der Waals surface area contributed by atoms with Crippen LogP contribution in [-0.2, 0) is 0 Å². The molecule has 3 nitrogen and oxygen atoms in total. The van der Waals surface area contributed by atoms with Crippen molar-refractivity contribution in [2.24, 2.45) is 5.41 Å². The molecule has 0 atom stereocenters. The van der Waals surface area contributed by atoms with Crippen LogP contribution < -0.4 is 15.2 Å². The largest absolute Gasteiger partial charge is 0.373 e. The third-order valence-electron chi connectivity index (χ3n) is 2.89. The Kier molecular flexibility index (Phi) is 6.70. The van der Waals surface area contributed by atoms with Gasteiger partial charge in [0, 0.05) is 27.7 Å². The molecule has 0 amide bonds. The van der Waals surface area contributed by atoms with E-state index in [0.717, 1.165) is 24.3 Å². The minimum atomic E-state index is 0.00242. The first-order chi connectivity index (χ1) is 8.65. The van der Waals surface area contributed by atoms with E-state index in [1.807, 2.05) is 39.9 Å². The standard InChI is InChI=1S/C13H22N2OS.C2H6/c1-13(2,3)7-8-15(6)10-9(14(4)5)11(16)12(10)17;1-2/h7-8H2,1-6H3;1-2H3. The van der Waals surface area contributed by atoms with Crippen LogP contribution in [0.3, 0.4) is 0 Å². The molecule has 1 aromatic rings. The summed E-state index contributed by atoms with van der Waals surface area (Å²) in [6.45, 7) is 11.6. The molecule has 0 saturated heterocycles. The molecule has 0 bridgehead atoms. The molecule has 0 spiro atoms. The minimum absolute atomic E-state index is 0.00242. The average molecular weight is 284 g/mol. The monoisotopic (exact) mass is 284 g/mol. The van der Waals surface area contributed by atoms with Crippen molar-refractivity contribution in [2.75, 3.05) is 37.5 Å². The first kappa shape index (κ1) is 18.1. The van der Waals surface area contributed by atoms with Gasteiger partial charge in [0.25, 0.3) is 0 Å². The van der Waals surface area contributed by atoms with Gasteiger partial charge in [0.15, 0.2) is 0 Å². The maximum absolute atomic E-state index is 11.7. The fourth-order valence-corrected chi connectivity index (χ4v) is 2.10. The molecule has 0 aliphatic carbocycles. The lowest BCUT2D eigenvalue weighted by molar-refractivity contribution is 0.381. The van der Waals surface area contributed by atoms with Gasteiger partial charge in [-0.3, -0.25) is 4.79 Å². The summed E-state index contributed by atoms with van der Waals surface area (Å²) in [5.74, 6) is 0. The Bertz CT molecular complexity index is 465. The Morgan fingerprint density at radius 3 is 1.89 bits per heavy atom. The van der Waals surface area contributed by atoms with Gasteiger partial charge in [-0.25, -0.2) is 0 Å². The summed E-state index contributed by atoms with van der Waals surface area (Å²) in [4.78, 5) is 15.6. The van der Waals surface area contributed by atoms with Gasteiger partial charge in [-0.1, -0.05) is 46.8 Å². The van der Waals surface area contributed by atoms with Crippen molar-refractivity contribution in [1.29, 1.82) is 0 Å². The summed E-state index contributed by atoms with van der Waals surface area (Å²) in [5.41, 5.74) is 1.97. The molecule has 1 rings (SSSR count). The molecule has 0 saturated carbocycles. The number of anilines is 2. The molecular weight excluding hydrogens is 256 g/mol. The predicted molar refractivity (Wildman–Crippen MR) is 88.9 cm³/mol. The molecule has 0 aliphatic rings. The Morgan fingerprint density at radius 1 is 1.05 bits per heavy atom. The van der Waals surface area contributed by atoms with E-state index in [1.165, 1.54) is 0 Å². The van der Waals surface area contributed by atoms with Crippen LogP contribution in [0.2, 0.25) is 0 Å². The fraction of sp³-hybridized carbons (Fsp3) is 0.733. The summed E-state index contributed by atoms with van der Waals surface area (Å²) in [5, 5.41) is 0. The molecule has 1 aromatic carbocycles. The molecule has 4 heteroatoms. The van der Waals surface area contributed by atoms with Crippen LogP contribution in [0.4, 0.5) is 11.4 Å². The van der Waals surface area contributed by atoms with E-state index in [1.54, 1.807) is 0 Å². The third-order valence-corrected chi connectivity index (χ3v) is 3.27. The quantitative estimate of drug-likeness (QED) is 0.788. The number of rotatable bonds is 4. The maximum Gasteiger partial charge on any atom is 0.224 e. The highest BCUT2D eigenvalue weighted by molar-refractivity contribution is 7.71. The van der Waals surface area contributed by atoms with E-state index in [-0.39, 0.29) is 5.43 Å². The van der Waals surface area contributed by atoms with Gasteiger partial charge >= 0.3 is 0 Å². The van der Waals surface area contributed by atoms with Crippen molar-refractivity contribution in [2.45, 2.75) is 41.0 Å². The van der Waals surface area contributed by atoms with Crippen molar-refractivity contribution >= 4 is 23.6 Å². The SMILES string of the molecule is CC.CN(C)c1c(N(C)CCC(C)(C)C)c(=S)c1=O. The summed E-state index contributed by atoms with van der Waals surface area (Å²) in [7, 11) is 5.77. The highest BCUT2D eigenvalue weighted by Crippen LogP contribution is 2.30. The highest BCUT2D eigenvalue weighted by atomic mass is 32.1. The molecule has 0 aromatic heterocycles. The van der Waals surface area contributed by atoms with Crippen molar-refractivity contribution in [3.05, 3.63) is 14.7 Å². The molecule has 0 aliphatic heterocycles. The molecule has 110 valence electrons. The van der Waals surface area contributed by atoms with E-state index in [0.29, 0.717) is 9.93 Å². The first-order valence-electron chi connectivity index (χ1n) is 6.87. The van der Waals surface area contributed by atoms with Crippen LogP contribution in [0.1, 0.15) is 41.0 Å². The topological polar surface area (TPSA) is 23.6 Å². The zero-order valence-electron chi connectivity index (χ0n) is 13.6. The maximum atomic E-state index is 11.7. The van der Waals surface area contributed by atoms with Gasteiger partial charge < -0.3 is 9.80 Å². The lowest BCUT2D eigenvalue weighted by Crippen LogP contribution is -2.33. The summed E-state index contributed by atoms with van der Waals surface area (Å²) in [6.07, 6.45) is 1.07. The Hall–Kier alpha value is -0.900. The van der Waals surface area contributed by atoms with Crippen LogP contribution in [0.5, 0.6) is 0 Å². The van der Waals surface area contributed by atoms with Crippen LogP contribution >= 0.6 is 12.2 Å². The number of nitrogens with zero attached hydrogens (tertiary/aromatic N) is 2. The van der Waals surface area contributed by atoms with Crippen LogP contribution in [-0.4, -0.2) is 27.7 Å².